The smallest absolute Gasteiger partial charge is 0.248 e. The Morgan fingerprint density at radius 2 is 1.75 bits per heavy atom. The number of piperazine rings is 1. The fourth-order valence-electron chi connectivity index (χ4n) is 1.64. The lowest BCUT2D eigenvalue weighted by Gasteiger charge is -2.35. The molecule has 0 spiro atoms. The van der Waals surface area contributed by atoms with E-state index in [-0.39, 0.29) is 18.4 Å². The molecule has 1 unspecified atom stereocenters. The highest BCUT2D eigenvalue weighted by molar-refractivity contribution is 6.30. The zero-order valence-electron chi connectivity index (χ0n) is 9.61. The third-order valence-corrected chi connectivity index (χ3v) is 2.74. The minimum Gasteiger partial charge on any atom is -0.375 e. The molecule has 0 N–H and O–H groups in total. The van der Waals surface area contributed by atoms with Gasteiger partial charge in [0.2, 0.25) is 11.8 Å². The van der Waals surface area contributed by atoms with Crippen molar-refractivity contribution >= 4 is 23.4 Å². The number of amides is 2. The average molecular weight is 249 g/mol. The molecule has 6 heteroatoms. The van der Waals surface area contributed by atoms with Crippen molar-refractivity contribution in [2.75, 3.05) is 39.9 Å². The van der Waals surface area contributed by atoms with E-state index in [1.807, 2.05) is 0 Å². The van der Waals surface area contributed by atoms with Crippen molar-refractivity contribution in [2.45, 2.75) is 12.3 Å². The first-order valence-electron chi connectivity index (χ1n) is 5.26. The number of halogens is 1. The molecule has 1 rings (SSSR count). The lowest BCUT2D eigenvalue weighted by molar-refractivity contribution is -0.141. The lowest BCUT2D eigenvalue weighted by atomic mass is 10.3. The van der Waals surface area contributed by atoms with E-state index in [9.17, 15) is 9.59 Å². The van der Waals surface area contributed by atoms with Crippen LogP contribution < -0.4 is 0 Å². The second-order valence-corrected chi connectivity index (χ2v) is 4.41. The van der Waals surface area contributed by atoms with Gasteiger partial charge in [-0.3, -0.25) is 9.59 Å². The van der Waals surface area contributed by atoms with Gasteiger partial charge in [-0.15, -0.1) is 11.6 Å². The first-order valence-corrected chi connectivity index (χ1v) is 5.69. The van der Waals surface area contributed by atoms with Crippen LogP contribution in [0.5, 0.6) is 0 Å². The first-order chi connectivity index (χ1) is 7.56. The fraction of sp³-hybridized carbons (Fsp3) is 0.800. The Bertz CT molecular complexity index is 263. The SMILES string of the molecule is COCC(=O)N1CCN(C(=O)C(C)Cl)CC1. The molecule has 5 nitrogen and oxygen atoms in total. The van der Waals surface area contributed by atoms with E-state index in [1.165, 1.54) is 7.11 Å². The number of hydrogen-bond acceptors (Lipinski definition) is 3. The monoisotopic (exact) mass is 248 g/mol. The lowest BCUT2D eigenvalue weighted by Crippen LogP contribution is -2.52. The number of alkyl halides is 1. The molecule has 0 aromatic heterocycles. The third kappa shape index (κ3) is 3.35. The molecule has 16 heavy (non-hydrogen) atoms. The highest BCUT2D eigenvalue weighted by Gasteiger charge is 2.25. The number of hydrogen-bond donors (Lipinski definition) is 0. The molecule has 1 atom stereocenters. The van der Waals surface area contributed by atoms with Crippen LogP contribution in [-0.2, 0) is 14.3 Å². The van der Waals surface area contributed by atoms with Crippen molar-refractivity contribution in [1.82, 2.24) is 9.80 Å². The maximum Gasteiger partial charge on any atom is 0.248 e. The summed E-state index contributed by atoms with van der Waals surface area (Å²) >= 11 is 5.72. The standard InChI is InChI=1S/C10H17ClN2O3/c1-8(11)10(15)13-5-3-12(4-6-13)9(14)7-16-2/h8H,3-7H2,1-2H3. The number of carbonyl (C=O) groups excluding carboxylic acids is 2. The summed E-state index contributed by atoms with van der Waals surface area (Å²) in [5.74, 6) is -0.103. The van der Waals surface area contributed by atoms with Crippen LogP contribution in [0.2, 0.25) is 0 Å². The van der Waals surface area contributed by atoms with Crippen LogP contribution in [0.3, 0.4) is 0 Å². The Labute approximate surface area is 100 Å². The zero-order chi connectivity index (χ0) is 12.1. The summed E-state index contributed by atoms with van der Waals surface area (Å²) in [6.07, 6.45) is 0. The normalized spacial score (nSPS) is 18.4. The van der Waals surface area contributed by atoms with Crippen molar-refractivity contribution < 1.29 is 14.3 Å². The molecule has 0 radical (unpaired) electrons. The number of ether oxygens (including phenoxy) is 1. The average Bonchev–Trinajstić information content (AvgIpc) is 2.28. The van der Waals surface area contributed by atoms with Crippen molar-refractivity contribution in [3.63, 3.8) is 0 Å². The Morgan fingerprint density at radius 1 is 1.25 bits per heavy atom. The highest BCUT2D eigenvalue weighted by Crippen LogP contribution is 2.07. The molecule has 2 amide bonds. The maximum absolute atomic E-state index is 11.6. The summed E-state index contributed by atoms with van der Waals surface area (Å²) in [6, 6.07) is 0. The van der Waals surface area contributed by atoms with E-state index in [0.29, 0.717) is 26.2 Å². The summed E-state index contributed by atoms with van der Waals surface area (Å²) in [7, 11) is 1.49. The van der Waals surface area contributed by atoms with Crippen LogP contribution in [0, 0.1) is 0 Å². The van der Waals surface area contributed by atoms with Gasteiger partial charge in [-0.1, -0.05) is 0 Å². The molecule has 1 heterocycles. The quantitative estimate of drug-likeness (QED) is 0.657. The van der Waals surface area contributed by atoms with Gasteiger partial charge in [0.25, 0.3) is 0 Å². The molecule has 1 fully saturated rings. The van der Waals surface area contributed by atoms with Gasteiger partial charge >= 0.3 is 0 Å². The number of carbonyl (C=O) groups is 2. The number of methoxy groups -OCH3 is 1. The Balaban J connectivity index is 2.39. The van der Waals surface area contributed by atoms with Crippen LogP contribution in [0.4, 0.5) is 0 Å². The van der Waals surface area contributed by atoms with Gasteiger partial charge in [0, 0.05) is 33.3 Å². The maximum atomic E-state index is 11.6. The summed E-state index contributed by atoms with van der Waals surface area (Å²) in [4.78, 5) is 26.4. The van der Waals surface area contributed by atoms with E-state index >= 15 is 0 Å². The van der Waals surface area contributed by atoms with Gasteiger partial charge in [-0.2, -0.15) is 0 Å². The van der Waals surface area contributed by atoms with Crippen molar-refractivity contribution in [3.05, 3.63) is 0 Å². The summed E-state index contributed by atoms with van der Waals surface area (Å²) in [6.45, 7) is 3.96. The van der Waals surface area contributed by atoms with E-state index in [1.54, 1.807) is 16.7 Å². The second kappa shape index (κ2) is 6.06. The van der Waals surface area contributed by atoms with Crippen LogP contribution in [0.25, 0.3) is 0 Å². The van der Waals surface area contributed by atoms with Crippen LogP contribution in [-0.4, -0.2) is 66.9 Å². The largest absolute Gasteiger partial charge is 0.375 e. The molecule has 0 aromatic rings. The minimum atomic E-state index is -0.499. The van der Waals surface area contributed by atoms with Gasteiger partial charge in [0.1, 0.15) is 12.0 Å². The first kappa shape index (κ1) is 13.3. The van der Waals surface area contributed by atoms with Gasteiger partial charge in [0.05, 0.1) is 0 Å². The fourth-order valence-corrected chi connectivity index (χ4v) is 1.78. The molecule has 1 aliphatic rings. The summed E-state index contributed by atoms with van der Waals surface area (Å²) in [5, 5.41) is -0.499. The van der Waals surface area contributed by atoms with Crippen LogP contribution in [0.15, 0.2) is 0 Å². The van der Waals surface area contributed by atoms with Crippen LogP contribution in [0.1, 0.15) is 6.92 Å². The number of nitrogens with zero attached hydrogens (tertiary/aromatic N) is 2. The van der Waals surface area contributed by atoms with E-state index in [0.717, 1.165) is 0 Å². The van der Waals surface area contributed by atoms with Gasteiger partial charge in [-0.05, 0) is 6.92 Å². The van der Waals surface area contributed by atoms with Crippen LogP contribution >= 0.6 is 11.6 Å². The van der Waals surface area contributed by atoms with Crippen molar-refractivity contribution in [1.29, 1.82) is 0 Å². The van der Waals surface area contributed by atoms with Crippen molar-refractivity contribution in [2.24, 2.45) is 0 Å². The van der Waals surface area contributed by atoms with Gasteiger partial charge < -0.3 is 14.5 Å². The van der Waals surface area contributed by atoms with E-state index in [4.69, 9.17) is 16.3 Å². The molecule has 0 aliphatic carbocycles. The molecule has 0 aromatic carbocycles. The predicted molar refractivity (Wildman–Crippen MR) is 60.4 cm³/mol. The second-order valence-electron chi connectivity index (χ2n) is 3.76. The molecule has 1 saturated heterocycles. The zero-order valence-corrected chi connectivity index (χ0v) is 10.4. The summed E-state index contributed by atoms with van der Waals surface area (Å²) in [5.41, 5.74) is 0. The predicted octanol–water partition coefficient (Wildman–Crippen LogP) is -0.0691. The number of rotatable bonds is 3. The van der Waals surface area contributed by atoms with E-state index < -0.39 is 5.38 Å². The molecule has 1 aliphatic heterocycles. The Morgan fingerprint density at radius 3 is 2.19 bits per heavy atom. The third-order valence-electron chi connectivity index (χ3n) is 2.55. The Hall–Kier alpha value is -0.810. The molecular weight excluding hydrogens is 232 g/mol. The van der Waals surface area contributed by atoms with Gasteiger partial charge in [-0.25, -0.2) is 0 Å². The molecule has 0 saturated carbocycles. The van der Waals surface area contributed by atoms with Crippen molar-refractivity contribution in [3.8, 4) is 0 Å². The topological polar surface area (TPSA) is 49.9 Å². The molecule has 92 valence electrons. The summed E-state index contributed by atoms with van der Waals surface area (Å²) < 4.78 is 4.78. The Kier molecular flexibility index (Phi) is 5.02. The molecule has 0 bridgehead atoms. The molecular formula is C10H17ClN2O3. The van der Waals surface area contributed by atoms with Gasteiger partial charge in [0.15, 0.2) is 0 Å². The highest BCUT2D eigenvalue weighted by atomic mass is 35.5. The minimum absolute atomic E-state index is 0.0338. The van der Waals surface area contributed by atoms with E-state index in [2.05, 4.69) is 0 Å².